The third kappa shape index (κ3) is 5.88. The van der Waals surface area contributed by atoms with E-state index in [0.717, 1.165) is 5.56 Å². The molecule has 0 aliphatic rings. The van der Waals surface area contributed by atoms with Crippen LogP contribution in [0.15, 0.2) is 54.6 Å². The van der Waals surface area contributed by atoms with E-state index in [1.54, 1.807) is 12.1 Å². The third-order valence-electron chi connectivity index (χ3n) is 4.12. The van der Waals surface area contributed by atoms with Gasteiger partial charge < -0.3 is 10.6 Å². The Balaban J connectivity index is 1.93. The Morgan fingerprint density at radius 3 is 2.12 bits per heavy atom. The van der Waals surface area contributed by atoms with E-state index in [4.69, 9.17) is 11.6 Å². The monoisotopic (exact) mass is 372 g/mol. The van der Waals surface area contributed by atoms with Gasteiger partial charge in [-0.05, 0) is 42.7 Å². The lowest BCUT2D eigenvalue weighted by Gasteiger charge is -2.24. The van der Waals surface area contributed by atoms with Crippen molar-refractivity contribution in [2.24, 2.45) is 5.92 Å². The summed E-state index contributed by atoms with van der Waals surface area (Å²) in [6.07, 6.45) is 0.218. The van der Waals surface area contributed by atoms with Crippen molar-refractivity contribution in [3.05, 3.63) is 70.7 Å². The number of amides is 2. The molecule has 138 valence electrons. The van der Waals surface area contributed by atoms with Crippen molar-refractivity contribution in [1.82, 2.24) is 10.6 Å². The first kappa shape index (κ1) is 20.0. The van der Waals surface area contributed by atoms with Crippen LogP contribution in [0.25, 0.3) is 0 Å². The second-order valence-corrected chi connectivity index (χ2v) is 7.22. The summed E-state index contributed by atoms with van der Waals surface area (Å²) >= 11 is 5.94. The molecule has 26 heavy (non-hydrogen) atoms. The average molecular weight is 373 g/mol. The molecule has 0 fully saturated rings. The highest BCUT2D eigenvalue weighted by Crippen LogP contribution is 2.23. The zero-order valence-corrected chi connectivity index (χ0v) is 16.1. The van der Waals surface area contributed by atoms with Crippen LogP contribution in [0.4, 0.5) is 0 Å². The third-order valence-corrected chi connectivity index (χ3v) is 4.37. The van der Waals surface area contributed by atoms with Crippen molar-refractivity contribution in [2.75, 3.05) is 0 Å². The van der Waals surface area contributed by atoms with Crippen LogP contribution in [0.1, 0.15) is 49.2 Å². The summed E-state index contributed by atoms with van der Waals surface area (Å²) in [4.78, 5) is 24.6. The summed E-state index contributed by atoms with van der Waals surface area (Å²) in [5.74, 6) is -0.0436. The molecule has 0 spiro atoms. The lowest BCUT2D eigenvalue weighted by Crippen LogP contribution is -2.39. The van der Waals surface area contributed by atoms with Gasteiger partial charge in [-0.2, -0.15) is 0 Å². The summed E-state index contributed by atoms with van der Waals surface area (Å²) in [6.45, 7) is 5.94. The van der Waals surface area contributed by atoms with Gasteiger partial charge in [0.15, 0.2) is 0 Å². The second kappa shape index (κ2) is 9.39. The molecule has 0 aromatic heterocycles. The molecule has 2 aromatic carbocycles. The fourth-order valence-electron chi connectivity index (χ4n) is 2.76. The number of halogens is 1. The molecule has 0 saturated carbocycles. The van der Waals surface area contributed by atoms with E-state index in [0.29, 0.717) is 10.6 Å². The van der Waals surface area contributed by atoms with Crippen LogP contribution in [0.3, 0.4) is 0 Å². The van der Waals surface area contributed by atoms with E-state index in [9.17, 15) is 9.59 Å². The van der Waals surface area contributed by atoms with Gasteiger partial charge in [0.25, 0.3) is 5.91 Å². The Kier molecular flexibility index (Phi) is 7.22. The van der Waals surface area contributed by atoms with Gasteiger partial charge in [0.05, 0.1) is 6.04 Å². The number of hydrogen-bond acceptors (Lipinski definition) is 2. The Morgan fingerprint density at radius 1 is 0.923 bits per heavy atom. The number of carbonyl (C=O) groups excluding carboxylic acids is 2. The van der Waals surface area contributed by atoms with E-state index >= 15 is 0 Å². The molecular weight excluding hydrogens is 348 g/mol. The highest BCUT2D eigenvalue weighted by Gasteiger charge is 2.20. The number of rotatable bonds is 7. The molecule has 0 bridgehead atoms. The van der Waals surface area contributed by atoms with Crippen LogP contribution in [0.5, 0.6) is 0 Å². The molecule has 2 atom stereocenters. The number of carbonyl (C=O) groups is 2. The lowest BCUT2D eigenvalue weighted by molar-refractivity contribution is -0.122. The van der Waals surface area contributed by atoms with Gasteiger partial charge in [0.1, 0.15) is 0 Å². The Labute approximate surface area is 159 Å². The minimum atomic E-state index is -0.263. The molecule has 4 nitrogen and oxygen atoms in total. The molecular formula is C21H25ClN2O2. The molecule has 2 amide bonds. The maximum atomic E-state index is 12.4. The van der Waals surface area contributed by atoms with Crippen LogP contribution in [0, 0.1) is 5.92 Å². The Hall–Kier alpha value is -2.33. The molecule has 0 aliphatic carbocycles. The zero-order chi connectivity index (χ0) is 19.1. The molecule has 0 aliphatic heterocycles. The van der Waals surface area contributed by atoms with Crippen molar-refractivity contribution < 1.29 is 9.59 Å². The topological polar surface area (TPSA) is 58.2 Å². The Morgan fingerprint density at radius 2 is 1.54 bits per heavy atom. The van der Waals surface area contributed by atoms with E-state index in [2.05, 4.69) is 24.5 Å². The van der Waals surface area contributed by atoms with Crippen molar-refractivity contribution >= 4 is 23.4 Å². The first-order valence-corrected chi connectivity index (χ1v) is 9.15. The van der Waals surface area contributed by atoms with Crippen LogP contribution >= 0.6 is 11.6 Å². The van der Waals surface area contributed by atoms with Gasteiger partial charge in [-0.25, -0.2) is 0 Å². The highest BCUT2D eigenvalue weighted by atomic mass is 35.5. The summed E-state index contributed by atoms with van der Waals surface area (Å²) in [7, 11) is 0. The van der Waals surface area contributed by atoms with Gasteiger partial charge in [-0.1, -0.05) is 55.8 Å². The molecule has 0 saturated heterocycles. The summed E-state index contributed by atoms with van der Waals surface area (Å²) < 4.78 is 0. The summed E-state index contributed by atoms with van der Waals surface area (Å²) in [6, 6.07) is 16.1. The number of nitrogens with one attached hydrogen (secondary N) is 2. The molecule has 2 unspecified atom stereocenters. The smallest absolute Gasteiger partial charge is 0.251 e. The Bertz CT molecular complexity index is 729. The average Bonchev–Trinajstić information content (AvgIpc) is 2.61. The van der Waals surface area contributed by atoms with E-state index in [1.165, 1.54) is 0 Å². The predicted molar refractivity (Wildman–Crippen MR) is 105 cm³/mol. The lowest BCUT2D eigenvalue weighted by atomic mass is 9.95. The first-order valence-electron chi connectivity index (χ1n) is 8.77. The van der Waals surface area contributed by atoms with Crippen LogP contribution in [-0.2, 0) is 4.79 Å². The largest absolute Gasteiger partial charge is 0.349 e. The van der Waals surface area contributed by atoms with Crippen molar-refractivity contribution in [1.29, 1.82) is 0 Å². The van der Waals surface area contributed by atoms with Gasteiger partial charge >= 0.3 is 0 Å². The van der Waals surface area contributed by atoms with E-state index in [1.807, 2.05) is 49.4 Å². The molecule has 5 heteroatoms. The van der Waals surface area contributed by atoms with Gasteiger partial charge in [-0.15, -0.1) is 0 Å². The van der Waals surface area contributed by atoms with Crippen LogP contribution in [0.2, 0.25) is 5.02 Å². The summed E-state index contributed by atoms with van der Waals surface area (Å²) in [5.41, 5.74) is 1.60. The maximum absolute atomic E-state index is 12.4. The van der Waals surface area contributed by atoms with Crippen molar-refractivity contribution in [3.8, 4) is 0 Å². The first-order chi connectivity index (χ1) is 12.4. The molecule has 2 N–H and O–H groups in total. The fourth-order valence-corrected chi connectivity index (χ4v) is 2.89. The second-order valence-electron chi connectivity index (χ2n) is 6.79. The fraction of sp³-hybridized carbons (Fsp3) is 0.333. The molecule has 2 rings (SSSR count). The maximum Gasteiger partial charge on any atom is 0.251 e. The van der Waals surface area contributed by atoms with Crippen LogP contribution in [-0.4, -0.2) is 17.9 Å². The number of benzene rings is 2. The van der Waals surface area contributed by atoms with Gasteiger partial charge in [0, 0.05) is 23.0 Å². The van der Waals surface area contributed by atoms with Crippen LogP contribution < -0.4 is 10.6 Å². The van der Waals surface area contributed by atoms with Crippen molar-refractivity contribution in [3.63, 3.8) is 0 Å². The SMILES string of the molecule is CC(CC(=O)NC(c1ccc(Cl)cc1)C(C)C)NC(=O)c1ccccc1. The molecule has 0 heterocycles. The number of hydrogen-bond donors (Lipinski definition) is 2. The molecule has 2 aromatic rings. The normalized spacial score (nSPS) is 13.1. The predicted octanol–water partition coefficient (Wildman–Crippen LogP) is 4.36. The zero-order valence-electron chi connectivity index (χ0n) is 15.3. The quantitative estimate of drug-likeness (QED) is 0.758. The van der Waals surface area contributed by atoms with E-state index in [-0.39, 0.29) is 36.2 Å². The summed E-state index contributed by atoms with van der Waals surface area (Å²) in [5, 5.41) is 6.59. The molecule has 0 radical (unpaired) electrons. The minimum Gasteiger partial charge on any atom is -0.349 e. The van der Waals surface area contributed by atoms with E-state index < -0.39 is 0 Å². The minimum absolute atomic E-state index is 0.0977. The van der Waals surface area contributed by atoms with Gasteiger partial charge in [0.2, 0.25) is 5.91 Å². The standard InChI is InChI=1S/C21H25ClN2O2/c1-14(2)20(16-9-11-18(22)12-10-16)24-19(25)13-15(3)23-21(26)17-7-5-4-6-8-17/h4-12,14-15,20H,13H2,1-3H3,(H,23,26)(H,24,25). The van der Waals surface area contributed by atoms with Crippen molar-refractivity contribution in [2.45, 2.75) is 39.3 Å². The highest BCUT2D eigenvalue weighted by molar-refractivity contribution is 6.30. The van der Waals surface area contributed by atoms with Gasteiger partial charge in [-0.3, -0.25) is 9.59 Å².